The highest BCUT2D eigenvalue weighted by Crippen LogP contribution is 2.18. The predicted molar refractivity (Wildman–Crippen MR) is 294 cm³/mol. The van der Waals surface area contributed by atoms with E-state index in [0.29, 0.717) is 111 Å². The molecule has 0 aromatic carbocycles. The Morgan fingerprint density at radius 1 is 0.542 bits per heavy atom. The molecule has 0 saturated carbocycles. The van der Waals surface area contributed by atoms with Crippen LogP contribution in [0.5, 0.6) is 0 Å². The number of amides is 10. The molecule has 2 atom stereocenters. The van der Waals surface area contributed by atoms with Gasteiger partial charge in [0.1, 0.15) is 5.78 Å². The minimum Gasteiger partial charge on any atom is -0.748 e. The van der Waals surface area contributed by atoms with Crippen molar-refractivity contribution in [3.8, 4) is 0 Å². The summed E-state index contributed by atoms with van der Waals surface area (Å²) >= 11 is 0. The average molecular weight is 1220 g/mol. The summed E-state index contributed by atoms with van der Waals surface area (Å²) in [6.45, 7) is 3.64. The fraction of sp³-hybridized carbons (Fsp3) is 0.692. The van der Waals surface area contributed by atoms with Crippen LogP contribution in [0.1, 0.15) is 116 Å². The van der Waals surface area contributed by atoms with E-state index in [1.54, 1.807) is 0 Å². The number of hydrogen-bond donors (Lipinski definition) is 5. The fourth-order valence-electron chi connectivity index (χ4n) is 8.61. The Balaban J connectivity index is 0.000000606. The molecular weight excluding hydrogens is 1130 g/mol. The van der Waals surface area contributed by atoms with Gasteiger partial charge in [-0.1, -0.05) is 6.42 Å². The minimum absolute atomic E-state index is 0.0337. The monoisotopic (exact) mass is 1220 g/mol. The van der Waals surface area contributed by atoms with Crippen LogP contribution in [-0.2, 0) is 82.6 Å². The molecule has 83 heavy (non-hydrogen) atoms. The topological polar surface area (TPSA) is 412 Å². The number of ketones is 1. The summed E-state index contributed by atoms with van der Waals surface area (Å²) in [4.78, 5) is 150. The predicted octanol–water partition coefficient (Wildman–Crippen LogP) is -2.11. The lowest BCUT2D eigenvalue weighted by atomic mass is 9.93. The lowest BCUT2D eigenvalue weighted by molar-refractivity contribution is -0.889. The number of imide groups is 3. The quantitative estimate of drug-likeness (QED) is 0.0189. The second-order valence-corrected chi connectivity index (χ2v) is 24.8. The van der Waals surface area contributed by atoms with Gasteiger partial charge in [-0.2, -0.15) is 0 Å². The third-order valence-corrected chi connectivity index (χ3v) is 15.1. The molecule has 6 N–H and O–H groups in total. The molecule has 31 heteroatoms. The van der Waals surface area contributed by atoms with Gasteiger partial charge in [0, 0.05) is 126 Å². The summed E-state index contributed by atoms with van der Waals surface area (Å²) in [5, 5.41) is 11.6. The van der Waals surface area contributed by atoms with Crippen LogP contribution >= 0.6 is 0 Å². The summed E-state index contributed by atoms with van der Waals surface area (Å²) in [6, 6.07) is -0.666. The van der Waals surface area contributed by atoms with Crippen LogP contribution in [0.3, 0.4) is 0 Å². The minimum atomic E-state index is -4.32. The first-order valence-corrected chi connectivity index (χ1v) is 30.9. The summed E-state index contributed by atoms with van der Waals surface area (Å²) in [5.74, 6) is -6.45. The first kappa shape index (κ1) is 72.7. The fourth-order valence-corrected chi connectivity index (χ4v) is 9.57. The van der Waals surface area contributed by atoms with Crippen LogP contribution < -0.4 is 27.0 Å². The molecule has 2 unspecified atom stereocenters. The molecule has 0 aromatic rings. The third-order valence-electron chi connectivity index (χ3n) is 13.5. The number of hydrogen-bond acceptors (Lipinski definition) is 20. The van der Waals surface area contributed by atoms with E-state index in [1.165, 1.54) is 24.3 Å². The molecule has 1 saturated heterocycles. The Labute approximate surface area is 485 Å². The molecule has 0 aliphatic carbocycles. The number of rotatable bonds is 41. The molecule has 3 aliphatic heterocycles. The van der Waals surface area contributed by atoms with E-state index in [4.69, 9.17) is 10.6 Å². The maximum Gasteiger partial charge on any atom is 0.333 e. The highest BCUT2D eigenvalue weighted by molar-refractivity contribution is 7.85. The zero-order valence-electron chi connectivity index (χ0n) is 48.1. The van der Waals surface area contributed by atoms with Crippen molar-refractivity contribution in [2.75, 3.05) is 105 Å². The van der Waals surface area contributed by atoms with Gasteiger partial charge in [0.05, 0.1) is 93.7 Å². The molecule has 0 spiro atoms. The standard InChI is InChI=1S/C31H47N5O12S.C21H37N5O7S/c1-36(2,19-7-21-49(45,46)47)20-17-33-31(44)23(22-24(37)9-5-11-30(43)48-35-28(41)14-15-29(35)42)8-3-4-16-32-25(38)10-6-18-34-26(39)12-13-27(34)40;1-26(2,14-6-16-34(31,32)33)15-12-24-21(30)17(22)7-3-4-11-23-18(27)8-5-13-25-19(28)9-10-20(25)29/h12-13,23H,3-11,14-22H2,1-2H3,(H2-,32,33,38,44,45,46,47);9-10,17H,3-8,11-16,22H2,1-2H3,(H2-,23,24,27,30,31,32,33). The zero-order valence-corrected chi connectivity index (χ0v) is 49.7. The van der Waals surface area contributed by atoms with Gasteiger partial charge >= 0.3 is 5.97 Å². The van der Waals surface area contributed by atoms with E-state index in [2.05, 4.69) is 21.3 Å². The van der Waals surface area contributed by atoms with Crippen molar-refractivity contribution in [1.29, 1.82) is 0 Å². The van der Waals surface area contributed by atoms with E-state index in [9.17, 15) is 83.5 Å². The van der Waals surface area contributed by atoms with Gasteiger partial charge in [-0.15, -0.1) is 5.06 Å². The number of carbonyl (C=O) groups is 12. The van der Waals surface area contributed by atoms with Gasteiger partial charge in [-0.3, -0.25) is 62.5 Å². The molecule has 0 aromatic heterocycles. The first-order valence-electron chi connectivity index (χ1n) is 27.8. The van der Waals surface area contributed by atoms with Gasteiger partial charge in [-0.25, -0.2) is 21.6 Å². The van der Waals surface area contributed by atoms with E-state index >= 15 is 0 Å². The summed E-state index contributed by atoms with van der Waals surface area (Å²) in [7, 11) is -1.09. The molecule has 0 radical (unpaired) electrons. The highest BCUT2D eigenvalue weighted by atomic mass is 32.2. The molecule has 3 aliphatic rings. The second-order valence-electron chi connectivity index (χ2n) is 21.7. The number of unbranched alkanes of at least 4 members (excludes halogenated alkanes) is 2. The van der Waals surface area contributed by atoms with Crippen LogP contribution in [0.4, 0.5) is 0 Å². The Morgan fingerprint density at radius 2 is 0.964 bits per heavy atom. The van der Waals surface area contributed by atoms with E-state index in [0.717, 1.165) is 9.80 Å². The highest BCUT2D eigenvalue weighted by Gasteiger charge is 2.33. The number of nitrogens with two attached hydrogens (primary N) is 1. The molecule has 468 valence electrons. The van der Waals surface area contributed by atoms with Crippen LogP contribution in [0.25, 0.3) is 0 Å². The molecule has 0 bridgehead atoms. The maximum atomic E-state index is 13.1. The van der Waals surface area contributed by atoms with Gasteiger partial charge < -0.3 is 49.9 Å². The smallest absolute Gasteiger partial charge is 0.333 e. The van der Waals surface area contributed by atoms with Crippen LogP contribution in [0.2, 0.25) is 0 Å². The van der Waals surface area contributed by atoms with Gasteiger partial charge in [0.2, 0.25) is 23.6 Å². The molecule has 29 nitrogen and oxygen atoms in total. The zero-order chi connectivity index (χ0) is 62.4. The van der Waals surface area contributed by atoms with Crippen molar-refractivity contribution in [2.45, 2.75) is 122 Å². The van der Waals surface area contributed by atoms with Crippen molar-refractivity contribution in [3.63, 3.8) is 0 Å². The summed E-state index contributed by atoms with van der Waals surface area (Å²) in [6.07, 6.45) is 9.07. The van der Waals surface area contributed by atoms with Gasteiger partial charge in [0.15, 0.2) is 0 Å². The average Bonchev–Trinajstić information content (AvgIpc) is 4.18. The Hall–Kier alpha value is -6.38. The lowest BCUT2D eigenvalue weighted by Crippen LogP contribution is -2.48. The van der Waals surface area contributed by atoms with Crippen molar-refractivity contribution in [3.05, 3.63) is 24.3 Å². The first-order chi connectivity index (χ1) is 38.8. The number of nitrogens with zero attached hydrogens (tertiary/aromatic N) is 5. The third kappa shape index (κ3) is 32.3. The molecule has 1 fully saturated rings. The van der Waals surface area contributed by atoms with Crippen LogP contribution in [0.15, 0.2) is 24.3 Å². The number of likely N-dealkylation sites (N-methyl/N-ethyl adjacent to an activating group) is 2. The summed E-state index contributed by atoms with van der Waals surface area (Å²) in [5.41, 5.74) is 5.91. The molecule has 3 heterocycles. The second kappa shape index (κ2) is 36.4. The number of nitrogens with one attached hydrogen (secondary N) is 4. The number of hydroxylamine groups is 2. The van der Waals surface area contributed by atoms with Crippen molar-refractivity contribution >= 4 is 91.1 Å². The molecule has 10 amide bonds. The van der Waals surface area contributed by atoms with Crippen molar-refractivity contribution in [1.82, 2.24) is 36.1 Å². The number of quaternary nitrogens is 2. The SMILES string of the molecule is C[N+](C)(CCCS(=O)(=O)[O-])CCNC(=O)C(CCCCNC(=O)CCCN1C(=O)C=CC1=O)CC(=O)CCCC(=O)ON1C(=O)CCC1=O.C[N+](C)(CCCS(=O)(=O)[O-])CCNC(=O)C(N)CCCCNC(=O)CCCN1C(=O)C=CC1=O. The van der Waals surface area contributed by atoms with Crippen LogP contribution in [-0.4, -0.2) is 232 Å². The molecule has 3 rings (SSSR count). The number of carbonyl (C=O) groups excluding carboxylic acids is 12. The van der Waals surface area contributed by atoms with Crippen molar-refractivity contribution < 1.29 is 97.3 Å². The van der Waals surface area contributed by atoms with E-state index < -0.39 is 73.3 Å². The summed E-state index contributed by atoms with van der Waals surface area (Å²) < 4.78 is 65.6. The Kier molecular flexibility index (Phi) is 31.9. The Bertz CT molecular complexity index is 2540. The maximum absolute atomic E-state index is 13.1. The van der Waals surface area contributed by atoms with Crippen LogP contribution in [0, 0.1) is 5.92 Å². The molecular formula is C52H84N10O19S2. The van der Waals surface area contributed by atoms with Crippen molar-refractivity contribution in [2.24, 2.45) is 11.7 Å². The lowest BCUT2D eigenvalue weighted by Gasteiger charge is -2.30. The van der Waals surface area contributed by atoms with E-state index in [-0.39, 0.29) is 125 Å². The van der Waals surface area contributed by atoms with Gasteiger partial charge in [-0.05, 0) is 51.4 Å². The Morgan fingerprint density at radius 3 is 1.40 bits per heavy atom. The van der Waals surface area contributed by atoms with Gasteiger partial charge in [0.25, 0.3) is 35.4 Å². The normalized spacial score (nSPS) is 15.3. The van der Waals surface area contributed by atoms with E-state index in [1.807, 2.05) is 28.2 Å². The number of Topliss-reactive ketones (excluding diaryl/α,β-unsaturated/α-hetero) is 1. The largest absolute Gasteiger partial charge is 0.748 e.